The van der Waals surface area contributed by atoms with Crippen LogP contribution >= 0.6 is 0 Å². The molecule has 1 unspecified atom stereocenters. The van der Waals surface area contributed by atoms with Crippen LogP contribution < -0.4 is 4.90 Å². The van der Waals surface area contributed by atoms with E-state index in [4.69, 9.17) is 9.15 Å². The summed E-state index contributed by atoms with van der Waals surface area (Å²) in [4.78, 5) is 26.1. The van der Waals surface area contributed by atoms with Crippen molar-refractivity contribution < 1.29 is 18.7 Å². The lowest BCUT2D eigenvalue weighted by molar-refractivity contribution is -0.139. The highest BCUT2D eigenvalue weighted by Crippen LogP contribution is 2.27. The monoisotopic (exact) mass is 285 g/mol. The van der Waals surface area contributed by atoms with Crippen LogP contribution in [0.15, 0.2) is 47.1 Å². The summed E-state index contributed by atoms with van der Waals surface area (Å²) in [7, 11) is 0. The second kappa shape index (κ2) is 5.44. The first-order valence-corrected chi connectivity index (χ1v) is 6.78. The molecule has 1 aliphatic rings. The van der Waals surface area contributed by atoms with Crippen molar-refractivity contribution in [3.63, 3.8) is 0 Å². The number of carbonyl (C=O) groups excluding carboxylic acids is 2. The molecule has 1 aromatic heterocycles. The molecule has 0 aliphatic carbocycles. The standard InChI is InChI=1S/C16H15NO4/c1-11-5-2-3-6-12(11)17(13-8-10-21-16(13)19)15(18)14-7-4-9-20-14/h2-7,9,13H,8,10H2,1H3. The molecule has 0 radical (unpaired) electrons. The zero-order chi connectivity index (χ0) is 14.8. The predicted octanol–water partition coefficient (Wildman–Crippen LogP) is 2.55. The second-order valence-electron chi connectivity index (χ2n) is 4.91. The van der Waals surface area contributed by atoms with Crippen molar-refractivity contribution in [3.8, 4) is 0 Å². The Hall–Kier alpha value is -2.56. The first-order chi connectivity index (χ1) is 10.2. The lowest BCUT2D eigenvalue weighted by atomic mass is 10.1. The molecule has 1 fully saturated rings. The summed E-state index contributed by atoms with van der Waals surface area (Å²) in [6.07, 6.45) is 1.93. The van der Waals surface area contributed by atoms with E-state index in [0.717, 1.165) is 5.56 Å². The Kier molecular flexibility index (Phi) is 3.48. The van der Waals surface area contributed by atoms with Gasteiger partial charge in [-0.2, -0.15) is 0 Å². The van der Waals surface area contributed by atoms with Crippen LogP contribution in [0.25, 0.3) is 0 Å². The summed E-state index contributed by atoms with van der Waals surface area (Å²) in [5, 5.41) is 0. The van der Waals surface area contributed by atoms with Gasteiger partial charge >= 0.3 is 5.97 Å². The molecule has 2 aromatic rings. The van der Waals surface area contributed by atoms with E-state index in [1.54, 1.807) is 12.1 Å². The summed E-state index contributed by atoms with van der Waals surface area (Å²) in [6.45, 7) is 2.23. The van der Waals surface area contributed by atoms with Gasteiger partial charge in [-0.25, -0.2) is 4.79 Å². The zero-order valence-electron chi connectivity index (χ0n) is 11.6. The maximum Gasteiger partial charge on any atom is 0.329 e. The molecule has 1 aromatic carbocycles. The molecule has 5 nitrogen and oxygen atoms in total. The van der Waals surface area contributed by atoms with Crippen molar-refractivity contribution in [1.82, 2.24) is 0 Å². The van der Waals surface area contributed by atoms with Crippen LogP contribution in [-0.4, -0.2) is 24.5 Å². The SMILES string of the molecule is Cc1ccccc1N(C(=O)c1ccco1)C1CCOC1=O. The minimum atomic E-state index is -0.608. The van der Waals surface area contributed by atoms with Gasteiger partial charge < -0.3 is 9.15 Å². The number of para-hydroxylation sites is 1. The summed E-state index contributed by atoms with van der Waals surface area (Å²) in [6, 6.07) is 10.1. The Labute approximate surface area is 122 Å². The van der Waals surface area contributed by atoms with Gasteiger partial charge in [0.2, 0.25) is 0 Å². The largest absolute Gasteiger partial charge is 0.464 e. The third kappa shape index (κ3) is 2.42. The highest BCUT2D eigenvalue weighted by molar-refractivity contribution is 6.08. The quantitative estimate of drug-likeness (QED) is 0.813. The number of amides is 1. The minimum Gasteiger partial charge on any atom is -0.464 e. The minimum absolute atomic E-state index is 0.206. The molecule has 108 valence electrons. The number of furan rings is 1. The van der Waals surface area contributed by atoms with E-state index in [9.17, 15) is 9.59 Å². The number of rotatable bonds is 3. The highest BCUT2D eigenvalue weighted by Gasteiger charge is 2.38. The number of esters is 1. The van der Waals surface area contributed by atoms with Crippen LogP contribution in [0.3, 0.4) is 0 Å². The van der Waals surface area contributed by atoms with Crippen molar-refractivity contribution in [2.45, 2.75) is 19.4 Å². The summed E-state index contributed by atoms with van der Waals surface area (Å²) >= 11 is 0. The van der Waals surface area contributed by atoms with E-state index in [1.165, 1.54) is 11.2 Å². The topological polar surface area (TPSA) is 59.8 Å². The fourth-order valence-electron chi connectivity index (χ4n) is 2.49. The fraction of sp³-hybridized carbons (Fsp3) is 0.250. The van der Waals surface area contributed by atoms with E-state index >= 15 is 0 Å². The van der Waals surface area contributed by atoms with E-state index in [-0.39, 0.29) is 17.6 Å². The molecule has 21 heavy (non-hydrogen) atoms. The van der Waals surface area contributed by atoms with E-state index in [2.05, 4.69) is 0 Å². The van der Waals surface area contributed by atoms with Gasteiger partial charge in [0.25, 0.3) is 5.91 Å². The second-order valence-corrected chi connectivity index (χ2v) is 4.91. The molecule has 2 heterocycles. The summed E-state index contributed by atoms with van der Waals surface area (Å²) in [5.41, 5.74) is 1.61. The lowest BCUT2D eigenvalue weighted by Gasteiger charge is -2.27. The van der Waals surface area contributed by atoms with Gasteiger partial charge in [0.1, 0.15) is 6.04 Å². The van der Waals surface area contributed by atoms with E-state index in [1.807, 2.05) is 31.2 Å². The predicted molar refractivity (Wildman–Crippen MR) is 76.1 cm³/mol. The van der Waals surface area contributed by atoms with Crippen molar-refractivity contribution >= 4 is 17.6 Å². The number of hydrogen-bond acceptors (Lipinski definition) is 4. The smallest absolute Gasteiger partial charge is 0.329 e. The van der Waals surface area contributed by atoms with Crippen LogP contribution in [0.1, 0.15) is 22.5 Å². The Balaban J connectivity index is 2.05. The molecule has 0 N–H and O–H groups in total. The number of cyclic esters (lactones) is 1. The van der Waals surface area contributed by atoms with Crippen LogP contribution in [0.4, 0.5) is 5.69 Å². The zero-order valence-corrected chi connectivity index (χ0v) is 11.6. The lowest BCUT2D eigenvalue weighted by Crippen LogP contribution is -2.43. The number of aryl methyl sites for hydroxylation is 1. The molecule has 0 saturated carbocycles. The molecule has 1 saturated heterocycles. The molecule has 0 spiro atoms. The van der Waals surface area contributed by atoms with Crippen molar-refractivity contribution in [2.75, 3.05) is 11.5 Å². The van der Waals surface area contributed by atoms with E-state index < -0.39 is 6.04 Å². The number of ether oxygens (including phenoxy) is 1. The fourth-order valence-corrected chi connectivity index (χ4v) is 2.49. The third-order valence-electron chi connectivity index (χ3n) is 3.55. The molecule has 1 aliphatic heterocycles. The van der Waals surface area contributed by atoms with Crippen molar-refractivity contribution in [2.24, 2.45) is 0 Å². The van der Waals surface area contributed by atoms with Gasteiger partial charge in [-0.3, -0.25) is 9.69 Å². The maximum absolute atomic E-state index is 12.7. The van der Waals surface area contributed by atoms with Gasteiger partial charge in [-0.1, -0.05) is 18.2 Å². The summed E-state index contributed by atoms with van der Waals surface area (Å²) < 4.78 is 10.2. The normalized spacial score (nSPS) is 17.6. The highest BCUT2D eigenvalue weighted by atomic mass is 16.5. The van der Waals surface area contributed by atoms with Gasteiger partial charge in [0.05, 0.1) is 12.9 Å². The number of benzene rings is 1. The molecular formula is C16H15NO4. The molecular weight excluding hydrogens is 270 g/mol. The maximum atomic E-state index is 12.7. The van der Waals surface area contributed by atoms with Gasteiger partial charge in [-0.05, 0) is 30.7 Å². The Morgan fingerprint density at radius 3 is 2.67 bits per heavy atom. The Morgan fingerprint density at radius 1 is 1.24 bits per heavy atom. The van der Waals surface area contributed by atoms with Crippen molar-refractivity contribution in [1.29, 1.82) is 0 Å². The molecule has 3 rings (SSSR count). The van der Waals surface area contributed by atoms with Gasteiger partial charge in [-0.15, -0.1) is 0 Å². The van der Waals surface area contributed by atoms with Crippen LogP contribution in [0.2, 0.25) is 0 Å². The Morgan fingerprint density at radius 2 is 2.05 bits per heavy atom. The number of hydrogen-bond donors (Lipinski definition) is 0. The third-order valence-corrected chi connectivity index (χ3v) is 3.55. The van der Waals surface area contributed by atoms with Gasteiger partial charge in [0, 0.05) is 12.1 Å². The Bertz CT molecular complexity index is 663. The van der Waals surface area contributed by atoms with E-state index in [0.29, 0.717) is 18.7 Å². The molecule has 1 amide bonds. The molecule has 0 bridgehead atoms. The molecule has 5 heteroatoms. The van der Waals surface area contributed by atoms with Crippen molar-refractivity contribution in [3.05, 3.63) is 54.0 Å². The average Bonchev–Trinajstić information content (AvgIpc) is 3.13. The van der Waals surface area contributed by atoms with Crippen LogP contribution in [0, 0.1) is 6.92 Å². The first kappa shape index (κ1) is 13.4. The number of nitrogens with zero attached hydrogens (tertiary/aromatic N) is 1. The summed E-state index contributed by atoms with van der Waals surface area (Å²) in [5.74, 6) is -0.505. The average molecular weight is 285 g/mol. The number of carbonyl (C=O) groups is 2. The molecule has 1 atom stereocenters. The number of anilines is 1. The van der Waals surface area contributed by atoms with Crippen LogP contribution in [0.5, 0.6) is 0 Å². The first-order valence-electron chi connectivity index (χ1n) is 6.78. The van der Waals surface area contributed by atoms with Gasteiger partial charge in [0.15, 0.2) is 5.76 Å². The van der Waals surface area contributed by atoms with Crippen LogP contribution in [-0.2, 0) is 9.53 Å².